The van der Waals surface area contributed by atoms with Gasteiger partial charge in [-0.15, -0.1) is 0 Å². The molecule has 1 aromatic rings. The van der Waals surface area contributed by atoms with Crippen molar-refractivity contribution in [3.63, 3.8) is 0 Å². The van der Waals surface area contributed by atoms with Crippen molar-refractivity contribution in [1.29, 1.82) is 0 Å². The highest BCUT2D eigenvalue weighted by atomic mass is 19.4. The van der Waals surface area contributed by atoms with E-state index >= 15 is 4.39 Å². The fraction of sp³-hybridized carbons (Fsp3) is 0.312. The van der Waals surface area contributed by atoms with Crippen LogP contribution in [0.3, 0.4) is 0 Å². The average molecular weight is 384 g/mol. The summed E-state index contributed by atoms with van der Waals surface area (Å²) in [5.41, 5.74) is -11.9. The second-order valence-electron chi connectivity index (χ2n) is 5.22. The lowest BCUT2D eigenvalue weighted by Crippen LogP contribution is -2.67. The first-order chi connectivity index (χ1) is 12.0. The summed E-state index contributed by atoms with van der Waals surface area (Å²) < 4.78 is 108. The number of carbonyl (C=O) groups is 1. The van der Waals surface area contributed by atoms with E-state index in [1.807, 2.05) is 0 Å². The molecule has 142 valence electrons. The topological polar surface area (TPSA) is 35.5 Å². The molecule has 0 saturated heterocycles. The monoisotopic (exact) mass is 384 g/mol. The molecule has 1 aromatic carbocycles. The second-order valence-corrected chi connectivity index (χ2v) is 5.22. The van der Waals surface area contributed by atoms with Gasteiger partial charge in [0.1, 0.15) is 0 Å². The number of methoxy groups -OCH3 is 2. The lowest BCUT2D eigenvalue weighted by Gasteiger charge is -2.43. The molecule has 2 rings (SSSR count). The molecule has 1 aliphatic carbocycles. The van der Waals surface area contributed by atoms with Gasteiger partial charge in [-0.05, 0) is 5.56 Å². The highest BCUT2D eigenvalue weighted by molar-refractivity contribution is 5.93. The maximum Gasteiger partial charge on any atom is 0.433 e. The third kappa shape index (κ3) is 2.35. The molecule has 0 spiro atoms. The van der Waals surface area contributed by atoms with Crippen LogP contribution >= 0.6 is 0 Å². The maximum atomic E-state index is 15.2. The first kappa shape index (κ1) is 20.0. The first-order valence-corrected chi connectivity index (χ1v) is 6.91. The predicted octanol–water partition coefficient (Wildman–Crippen LogP) is 4.36. The summed E-state index contributed by atoms with van der Waals surface area (Å²) >= 11 is 0. The van der Waals surface area contributed by atoms with Crippen molar-refractivity contribution in [2.75, 3.05) is 14.2 Å². The van der Waals surface area contributed by atoms with E-state index in [2.05, 4.69) is 9.47 Å². The Bertz CT molecular complexity index is 785. The third-order valence-electron chi connectivity index (χ3n) is 3.96. The summed E-state index contributed by atoms with van der Waals surface area (Å²) in [4.78, 5) is 11.8. The van der Waals surface area contributed by atoms with E-state index in [0.717, 1.165) is 12.1 Å². The number of esters is 1. The van der Waals surface area contributed by atoms with E-state index in [1.54, 1.807) is 0 Å². The van der Waals surface area contributed by atoms with Gasteiger partial charge in [-0.1, -0.05) is 30.3 Å². The molecule has 10 heteroatoms. The van der Waals surface area contributed by atoms with Gasteiger partial charge in [-0.2, -0.15) is 13.2 Å². The van der Waals surface area contributed by atoms with Crippen LogP contribution in [0.15, 0.2) is 47.8 Å². The van der Waals surface area contributed by atoms with Crippen molar-refractivity contribution in [2.24, 2.45) is 0 Å². The zero-order valence-corrected chi connectivity index (χ0v) is 13.3. The van der Waals surface area contributed by atoms with Crippen LogP contribution in [0.5, 0.6) is 0 Å². The van der Waals surface area contributed by atoms with Crippen LogP contribution in [-0.2, 0) is 14.3 Å². The lowest BCUT2D eigenvalue weighted by atomic mass is 9.74. The molecule has 0 bridgehead atoms. The van der Waals surface area contributed by atoms with E-state index in [9.17, 15) is 31.1 Å². The van der Waals surface area contributed by atoms with Crippen molar-refractivity contribution in [3.05, 3.63) is 53.4 Å². The zero-order valence-electron chi connectivity index (χ0n) is 13.3. The van der Waals surface area contributed by atoms with Gasteiger partial charge in [0.25, 0.3) is 5.60 Å². The molecule has 2 unspecified atom stereocenters. The van der Waals surface area contributed by atoms with Crippen molar-refractivity contribution in [3.8, 4) is 0 Å². The Kier molecular flexibility index (Phi) is 4.93. The molecule has 0 amide bonds. The number of allylic oxidation sites excluding steroid dienone is 2. The fourth-order valence-electron chi connectivity index (χ4n) is 2.71. The van der Waals surface area contributed by atoms with Crippen LogP contribution in [0.2, 0.25) is 0 Å². The van der Waals surface area contributed by atoms with Gasteiger partial charge in [0.05, 0.1) is 12.7 Å². The number of benzene rings is 1. The summed E-state index contributed by atoms with van der Waals surface area (Å²) in [6.07, 6.45) is -6.20. The van der Waals surface area contributed by atoms with E-state index < -0.39 is 52.0 Å². The zero-order chi connectivity index (χ0) is 19.9. The molecule has 0 saturated carbocycles. The van der Waals surface area contributed by atoms with Crippen LogP contribution in [0.1, 0.15) is 5.56 Å². The molecule has 0 aromatic heterocycles. The van der Waals surface area contributed by atoms with Crippen molar-refractivity contribution >= 4 is 11.5 Å². The highest BCUT2D eigenvalue weighted by Crippen LogP contribution is 2.59. The van der Waals surface area contributed by atoms with Crippen LogP contribution in [0.4, 0.5) is 30.7 Å². The molecular formula is C16H11F7O3. The van der Waals surface area contributed by atoms with Gasteiger partial charge >= 0.3 is 17.8 Å². The van der Waals surface area contributed by atoms with E-state index in [1.165, 1.54) is 18.2 Å². The van der Waals surface area contributed by atoms with E-state index in [0.29, 0.717) is 14.2 Å². The summed E-state index contributed by atoms with van der Waals surface area (Å²) in [7, 11) is 0.782. The highest BCUT2D eigenvalue weighted by Gasteiger charge is 2.80. The van der Waals surface area contributed by atoms with Crippen molar-refractivity contribution < 1.29 is 45.0 Å². The normalized spacial score (nSPS) is 27.0. The smallest absolute Gasteiger partial charge is 0.433 e. The Morgan fingerprint density at radius 2 is 1.54 bits per heavy atom. The lowest BCUT2D eigenvalue weighted by molar-refractivity contribution is -0.279. The van der Waals surface area contributed by atoms with Crippen LogP contribution < -0.4 is 0 Å². The second kappa shape index (κ2) is 6.42. The number of hydrogen-bond acceptors (Lipinski definition) is 3. The number of carbonyl (C=O) groups excluding carboxylic acids is 1. The summed E-state index contributed by atoms with van der Waals surface area (Å²) in [6.45, 7) is 0. The van der Waals surface area contributed by atoms with Crippen LogP contribution in [0, 0.1) is 0 Å². The number of alkyl halides is 4. The number of ether oxygens (including phenoxy) is 2. The summed E-state index contributed by atoms with van der Waals surface area (Å²) in [5, 5.41) is 0. The van der Waals surface area contributed by atoms with Gasteiger partial charge in [-0.3, -0.25) is 0 Å². The predicted molar refractivity (Wildman–Crippen MR) is 75.4 cm³/mol. The molecule has 0 fully saturated rings. The SMILES string of the molecule is COC(=O)C1(OC)C(F)=C(F)C(c2ccccc2)=C(F)C1(F)C(F)(F)F. The Hall–Kier alpha value is -2.36. The minimum atomic E-state index is -6.20. The molecule has 2 atom stereocenters. The average Bonchev–Trinajstić information content (AvgIpc) is 2.60. The van der Waals surface area contributed by atoms with Crippen LogP contribution in [-0.4, -0.2) is 37.6 Å². The molecule has 0 radical (unpaired) electrons. The summed E-state index contributed by atoms with van der Waals surface area (Å²) in [5.74, 6) is -9.86. The fourth-order valence-corrected chi connectivity index (χ4v) is 2.71. The van der Waals surface area contributed by atoms with E-state index in [-0.39, 0.29) is 0 Å². The molecule has 0 aliphatic heterocycles. The number of hydrogen-bond donors (Lipinski definition) is 0. The van der Waals surface area contributed by atoms with Gasteiger partial charge in [0, 0.05) is 7.11 Å². The number of halogens is 7. The van der Waals surface area contributed by atoms with Crippen molar-refractivity contribution in [1.82, 2.24) is 0 Å². The largest absolute Gasteiger partial charge is 0.466 e. The minimum Gasteiger partial charge on any atom is -0.466 e. The Morgan fingerprint density at radius 1 is 1.00 bits per heavy atom. The Labute approximate surface area is 142 Å². The van der Waals surface area contributed by atoms with E-state index in [4.69, 9.17) is 0 Å². The molecule has 1 aliphatic rings. The standard InChI is InChI=1S/C16H11F7O3/c1-25-13(24)14(26-2)12(19)10(17)9(8-6-4-3-5-7-8)11(18)15(14,20)16(21,22)23/h3-7H,1-2H3. The Balaban J connectivity index is 2.98. The molecule has 0 N–H and O–H groups in total. The van der Waals surface area contributed by atoms with Gasteiger partial charge in [0.15, 0.2) is 17.5 Å². The van der Waals surface area contributed by atoms with Gasteiger partial charge in [-0.25, -0.2) is 22.4 Å². The number of rotatable bonds is 3. The molecular weight excluding hydrogens is 373 g/mol. The summed E-state index contributed by atoms with van der Waals surface area (Å²) in [6, 6.07) is 5.62. The molecule has 0 heterocycles. The minimum absolute atomic E-state index is 0.296. The van der Waals surface area contributed by atoms with Crippen molar-refractivity contribution in [2.45, 2.75) is 17.4 Å². The first-order valence-electron chi connectivity index (χ1n) is 6.91. The Morgan fingerprint density at radius 3 is 1.96 bits per heavy atom. The van der Waals surface area contributed by atoms with Crippen LogP contribution in [0.25, 0.3) is 5.57 Å². The maximum absolute atomic E-state index is 15.2. The van der Waals surface area contributed by atoms with Gasteiger partial charge < -0.3 is 9.47 Å². The molecule has 3 nitrogen and oxygen atoms in total. The van der Waals surface area contributed by atoms with Gasteiger partial charge in [0.2, 0.25) is 0 Å². The molecule has 26 heavy (non-hydrogen) atoms. The third-order valence-corrected chi connectivity index (χ3v) is 3.96. The quantitative estimate of drug-likeness (QED) is 0.574.